The van der Waals surface area contributed by atoms with E-state index >= 15 is 0 Å². The van der Waals surface area contributed by atoms with Gasteiger partial charge in [-0.1, -0.05) is 12.1 Å². The van der Waals surface area contributed by atoms with Gasteiger partial charge in [-0.2, -0.15) is 4.31 Å². The van der Waals surface area contributed by atoms with Gasteiger partial charge >= 0.3 is 5.97 Å². The summed E-state index contributed by atoms with van der Waals surface area (Å²) >= 11 is 0. The minimum Gasteiger partial charge on any atom is -0.497 e. The minimum absolute atomic E-state index is 0.101. The number of hydrogen-bond donors (Lipinski definition) is 0. The molecular weight excluding hydrogens is 418 g/mol. The predicted octanol–water partition coefficient (Wildman–Crippen LogP) is 4.45. The van der Waals surface area contributed by atoms with Crippen molar-refractivity contribution in [2.45, 2.75) is 37.6 Å². The average Bonchev–Trinajstić information content (AvgIpc) is 3.39. The van der Waals surface area contributed by atoms with Crippen LogP contribution >= 0.6 is 0 Å². The SMILES string of the molecule is CCOC(=O)c1oc2ccc(S(=O)(=O)N3CCC[C@@H]3c3ccc(OC)cc3)cc2c1C. The van der Waals surface area contributed by atoms with Gasteiger partial charge in [0.2, 0.25) is 15.8 Å². The van der Waals surface area contributed by atoms with Gasteiger partial charge in [0.05, 0.1) is 24.7 Å². The highest BCUT2D eigenvalue weighted by Gasteiger charge is 2.36. The van der Waals surface area contributed by atoms with Crippen LogP contribution in [0.15, 0.2) is 51.8 Å². The van der Waals surface area contributed by atoms with Gasteiger partial charge in [0, 0.05) is 17.5 Å². The number of ether oxygens (including phenoxy) is 2. The zero-order valence-corrected chi connectivity index (χ0v) is 18.6. The second-order valence-electron chi connectivity index (χ2n) is 7.48. The van der Waals surface area contributed by atoms with Crippen molar-refractivity contribution in [3.8, 4) is 5.75 Å². The molecule has 2 aromatic carbocycles. The number of carbonyl (C=O) groups is 1. The lowest BCUT2D eigenvalue weighted by Gasteiger charge is -2.24. The molecule has 0 amide bonds. The number of fused-ring (bicyclic) bond motifs is 1. The number of nitrogens with zero attached hydrogens (tertiary/aromatic N) is 1. The summed E-state index contributed by atoms with van der Waals surface area (Å²) in [7, 11) is -2.14. The van der Waals surface area contributed by atoms with Gasteiger partial charge in [0.25, 0.3) is 0 Å². The molecule has 164 valence electrons. The van der Waals surface area contributed by atoms with Crippen molar-refractivity contribution < 1.29 is 27.1 Å². The molecule has 3 aromatic rings. The van der Waals surface area contributed by atoms with E-state index in [1.54, 1.807) is 37.4 Å². The number of aryl methyl sites for hydroxylation is 1. The number of benzene rings is 2. The number of sulfonamides is 1. The second-order valence-corrected chi connectivity index (χ2v) is 9.37. The second kappa shape index (κ2) is 8.36. The molecule has 7 nitrogen and oxygen atoms in total. The monoisotopic (exact) mass is 443 g/mol. The van der Waals surface area contributed by atoms with E-state index in [4.69, 9.17) is 13.9 Å². The van der Waals surface area contributed by atoms with Crippen LogP contribution < -0.4 is 4.74 Å². The Labute approximate surface area is 181 Å². The van der Waals surface area contributed by atoms with Crippen LogP contribution in [-0.2, 0) is 14.8 Å². The number of methoxy groups -OCH3 is 1. The molecule has 1 aromatic heterocycles. The van der Waals surface area contributed by atoms with Crippen LogP contribution in [0.5, 0.6) is 5.75 Å². The van der Waals surface area contributed by atoms with Gasteiger partial charge in [0.1, 0.15) is 11.3 Å². The summed E-state index contributed by atoms with van der Waals surface area (Å²) in [6, 6.07) is 12.0. The third-order valence-electron chi connectivity index (χ3n) is 5.68. The third kappa shape index (κ3) is 3.81. The van der Waals surface area contributed by atoms with Crippen molar-refractivity contribution in [3.05, 3.63) is 59.4 Å². The fraction of sp³-hybridized carbons (Fsp3) is 0.348. The summed E-state index contributed by atoms with van der Waals surface area (Å²) in [6.45, 7) is 4.13. The maximum atomic E-state index is 13.5. The Morgan fingerprint density at radius 1 is 1.19 bits per heavy atom. The van der Waals surface area contributed by atoms with E-state index in [-0.39, 0.29) is 23.3 Å². The molecule has 1 atom stereocenters. The largest absolute Gasteiger partial charge is 0.497 e. The van der Waals surface area contributed by atoms with Crippen LogP contribution in [0.3, 0.4) is 0 Å². The molecule has 1 aliphatic heterocycles. The first-order valence-corrected chi connectivity index (χ1v) is 11.7. The first-order valence-electron chi connectivity index (χ1n) is 10.2. The van der Waals surface area contributed by atoms with Crippen LogP contribution in [0.25, 0.3) is 11.0 Å². The Morgan fingerprint density at radius 2 is 1.94 bits per heavy atom. The van der Waals surface area contributed by atoms with E-state index in [9.17, 15) is 13.2 Å². The van der Waals surface area contributed by atoms with E-state index in [0.29, 0.717) is 23.1 Å². The van der Waals surface area contributed by atoms with E-state index in [1.807, 2.05) is 24.3 Å². The Kier molecular flexibility index (Phi) is 5.77. The number of carbonyl (C=O) groups excluding carboxylic acids is 1. The first-order chi connectivity index (χ1) is 14.9. The summed E-state index contributed by atoms with van der Waals surface area (Å²) in [4.78, 5) is 12.3. The average molecular weight is 444 g/mol. The molecular formula is C23H25NO6S. The van der Waals surface area contributed by atoms with Gasteiger partial charge in [-0.05, 0) is 62.6 Å². The molecule has 8 heteroatoms. The summed E-state index contributed by atoms with van der Waals surface area (Å²) in [6.07, 6.45) is 1.54. The van der Waals surface area contributed by atoms with E-state index in [1.165, 1.54) is 6.07 Å². The third-order valence-corrected chi connectivity index (χ3v) is 7.58. The number of furan rings is 1. The number of esters is 1. The molecule has 31 heavy (non-hydrogen) atoms. The highest BCUT2D eigenvalue weighted by Crippen LogP contribution is 2.38. The van der Waals surface area contributed by atoms with Crippen molar-refractivity contribution in [2.75, 3.05) is 20.3 Å². The van der Waals surface area contributed by atoms with E-state index < -0.39 is 16.0 Å². The van der Waals surface area contributed by atoms with Crippen molar-refractivity contribution in [3.63, 3.8) is 0 Å². The molecule has 1 fully saturated rings. The molecule has 4 rings (SSSR count). The lowest BCUT2D eigenvalue weighted by Crippen LogP contribution is -2.30. The van der Waals surface area contributed by atoms with Gasteiger partial charge in [-0.25, -0.2) is 13.2 Å². The van der Waals surface area contributed by atoms with Crippen molar-refractivity contribution in [1.82, 2.24) is 4.31 Å². The van der Waals surface area contributed by atoms with Crippen molar-refractivity contribution >= 4 is 27.0 Å². The normalized spacial score (nSPS) is 17.2. The standard InChI is InChI=1S/C23H25NO6S/c1-4-29-23(25)22-15(2)19-14-18(11-12-21(19)30-22)31(26,27)24-13-5-6-20(24)16-7-9-17(28-3)10-8-16/h7-12,14,20H,4-6,13H2,1-3H3/t20-/m1/s1. The smallest absolute Gasteiger partial charge is 0.374 e. The van der Waals surface area contributed by atoms with Crippen LogP contribution in [0.2, 0.25) is 0 Å². The fourth-order valence-electron chi connectivity index (χ4n) is 4.07. The zero-order chi connectivity index (χ0) is 22.2. The molecule has 0 radical (unpaired) electrons. The molecule has 0 unspecified atom stereocenters. The van der Waals surface area contributed by atoms with E-state index in [2.05, 4.69) is 0 Å². The van der Waals surface area contributed by atoms with E-state index in [0.717, 1.165) is 24.2 Å². The maximum absolute atomic E-state index is 13.5. The fourth-order valence-corrected chi connectivity index (χ4v) is 5.78. The lowest BCUT2D eigenvalue weighted by molar-refractivity contribution is 0.0491. The van der Waals surface area contributed by atoms with Crippen molar-refractivity contribution in [1.29, 1.82) is 0 Å². The highest BCUT2D eigenvalue weighted by molar-refractivity contribution is 7.89. The number of rotatable bonds is 6. The molecule has 1 aliphatic rings. The van der Waals surface area contributed by atoms with Crippen LogP contribution in [0, 0.1) is 6.92 Å². The Bertz CT molecular complexity index is 1210. The lowest BCUT2D eigenvalue weighted by atomic mass is 10.1. The predicted molar refractivity (Wildman–Crippen MR) is 116 cm³/mol. The highest BCUT2D eigenvalue weighted by atomic mass is 32.2. The molecule has 0 spiro atoms. The van der Waals surface area contributed by atoms with Crippen LogP contribution in [0.1, 0.15) is 47.5 Å². The van der Waals surface area contributed by atoms with Gasteiger partial charge in [-0.15, -0.1) is 0 Å². The Morgan fingerprint density at radius 3 is 2.61 bits per heavy atom. The summed E-state index contributed by atoms with van der Waals surface area (Å²) in [5.74, 6) is 0.276. The molecule has 2 heterocycles. The Hall–Kier alpha value is -2.84. The summed E-state index contributed by atoms with van der Waals surface area (Å²) in [5.41, 5.74) is 1.96. The van der Waals surface area contributed by atoms with Crippen LogP contribution in [-0.4, -0.2) is 39.0 Å². The van der Waals surface area contributed by atoms with Crippen LogP contribution in [0.4, 0.5) is 0 Å². The van der Waals surface area contributed by atoms with Gasteiger partial charge in [0.15, 0.2) is 0 Å². The van der Waals surface area contributed by atoms with Crippen molar-refractivity contribution in [2.24, 2.45) is 0 Å². The van der Waals surface area contributed by atoms with Gasteiger partial charge < -0.3 is 13.9 Å². The molecule has 0 aliphatic carbocycles. The molecule has 0 bridgehead atoms. The Balaban J connectivity index is 1.70. The topological polar surface area (TPSA) is 86.0 Å². The summed E-state index contributed by atoms with van der Waals surface area (Å²) in [5, 5.41) is 0.587. The molecule has 1 saturated heterocycles. The number of hydrogen-bond acceptors (Lipinski definition) is 6. The molecule has 0 N–H and O–H groups in total. The quantitative estimate of drug-likeness (QED) is 0.523. The minimum atomic E-state index is -3.74. The van der Waals surface area contributed by atoms with Gasteiger partial charge in [-0.3, -0.25) is 0 Å². The molecule has 0 saturated carbocycles. The summed E-state index contributed by atoms with van der Waals surface area (Å²) < 4.78 is 44.5. The first kappa shape index (κ1) is 21.4. The zero-order valence-electron chi connectivity index (χ0n) is 17.8. The maximum Gasteiger partial charge on any atom is 0.374 e.